The largest absolute Gasteiger partial charge is 0.334 e. The molecule has 0 aliphatic carbocycles. The summed E-state index contributed by atoms with van der Waals surface area (Å²) in [4.78, 5) is 4.27. The Morgan fingerprint density at radius 3 is 2.69 bits per heavy atom. The molecule has 0 radical (unpaired) electrons. The van der Waals surface area contributed by atoms with Gasteiger partial charge in [-0.2, -0.15) is 0 Å². The summed E-state index contributed by atoms with van der Waals surface area (Å²) >= 11 is 0. The first-order chi connectivity index (χ1) is 7.69. The summed E-state index contributed by atoms with van der Waals surface area (Å²) in [5, 5.41) is 3.64. The van der Waals surface area contributed by atoms with Crippen LogP contribution in [0.15, 0.2) is 12.4 Å². The van der Waals surface area contributed by atoms with Gasteiger partial charge in [-0.15, -0.1) is 0 Å². The van der Waals surface area contributed by atoms with Gasteiger partial charge in [-0.1, -0.05) is 27.2 Å². The van der Waals surface area contributed by atoms with Crippen LogP contribution in [0.2, 0.25) is 0 Å². The molecule has 0 aliphatic heterocycles. The summed E-state index contributed by atoms with van der Waals surface area (Å²) in [6, 6.07) is 0.554. The standard InChI is InChI=1S/C13H25N3/c1-5-7-15-13(11(3)6-2)10-16-9-8-14-12(16)4/h8-9,11,13,15H,5-7,10H2,1-4H3. The van der Waals surface area contributed by atoms with E-state index >= 15 is 0 Å². The number of aryl methyl sites for hydroxylation is 1. The highest BCUT2D eigenvalue weighted by atomic mass is 15.1. The van der Waals surface area contributed by atoms with Crippen LogP contribution in [0.4, 0.5) is 0 Å². The van der Waals surface area contributed by atoms with Crippen molar-refractivity contribution in [2.45, 2.75) is 53.1 Å². The molecule has 0 saturated heterocycles. The Balaban J connectivity index is 2.59. The quantitative estimate of drug-likeness (QED) is 0.770. The molecule has 1 aromatic heterocycles. The molecule has 92 valence electrons. The third-order valence-corrected chi connectivity index (χ3v) is 3.30. The van der Waals surface area contributed by atoms with E-state index in [4.69, 9.17) is 0 Å². The van der Waals surface area contributed by atoms with Crippen LogP contribution >= 0.6 is 0 Å². The van der Waals surface area contributed by atoms with E-state index in [1.54, 1.807) is 0 Å². The van der Waals surface area contributed by atoms with E-state index in [2.05, 4.69) is 48.8 Å². The summed E-state index contributed by atoms with van der Waals surface area (Å²) in [6.07, 6.45) is 6.35. The lowest BCUT2D eigenvalue weighted by Gasteiger charge is -2.25. The number of rotatable bonds is 7. The number of imidazole rings is 1. The minimum atomic E-state index is 0.554. The molecule has 0 spiro atoms. The minimum Gasteiger partial charge on any atom is -0.334 e. The lowest BCUT2D eigenvalue weighted by Crippen LogP contribution is -2.39. The van der Waals surface area contributed by atoms with Crippen molar-refractivity contribution in [1.82, 2.24) is 14.9 Å². The number of aromatic nitrogens is 2. The van der Waals surface area contributed by atoms with Gasteiger partial charge < -0.3 is 9.88 Å². The lowest BCUT2D eigenvalue weighted by molar-refractivity contribution is 0.328. The molecule has 2 atom stereocenters. The van der Waals surface area contributed by atoms with Crippen LogP contribution in [0.5, 0.6) is 0 Å². The maximum Gasteiger partial charge on any atom is 0.105 e. The summed E-state index contributed by atoms with van der Waals surface area (Å²) < 4.78 is 2.24. The van der Waals surface area contributed by atoms with Gasteiger partial charge in [0, 0.05) is 25.0 Å². The fraction of sp³-hybridized carbons (Fsp3) is 0.769. The second-order valence-electron chi connectivity index (χ2n) is 4.57. The highest BCUT2D eigenvalue weighted by Gasteiger charge is 2.15. The van der Waals surface area contributed by atoms with E-state index < -0.39 is 0 Å². The Labute approximate surface area is 99.3 Å². The van der Waals surface area contributed by atoms with Gasteiger partial charge in [0.15, 0.2) is 0 Å². The normalized spacial score (nSPS) is 15.0. The SMILES string of the molecule is CCCNC(Cn1ccnc1C)C(C)CC. The molecule has 2 unspecified atom stereocenters. The van der Waals surface area contributed by atoms with Gasteiger partial charge >= 0.3 is 0 Å². The van der Waals surface area contributed by atoms with Gasteiger partial charge in [0.05, 0.1) is 0 Å². The van der Waals surface area contributed by atoms with Crippen molar-refractivity contribution < 1.29 is 0 Å². The van der Waals surface area contributed by atoms with Crippen LogP contribution in [0, 0.1) is 12.8 Å². The zero-order chi connectivity index (χ0) is 12.0. The van der Waals surface area contributed by atoms with Crippen molar-refractivity contribution in [3.05, 3.63) is 18.2 Å². The number of nitrogens with one attached hydrogen (secondary N) is 1. The monoisotopic (exact) mass is 223 g/mol. The molecule has 0 aliphatic rings. The zero-order valence-electron chi connectivity index (χ0n) is 11.0. The average molecular weight is 223 g/mol. The van der Waals surface area contributed by atoms with E-state index in [0.29, 0.717) is 12.0 Å². The average Bonchev–Trinajstić information content (AvgIpc) is 2.69. The van der Waals surface area contributed by atoms with Crippen LogP contribution in [0.25, 0.3) is 0 Å². The summed E-state index contributed by atoms with van der Waals surface area (Å²) in [5.74, 6) is 1.81. The number of hydrogen-bond donors (Lipinski definition) is 1. The van der Waals surface area contributed by atoms with Crippen LogP contribution in [0.3, 0.4) is 0 Å². The highest BCUT2D eigenvalue weighted by Crippen LogP contribution is 2.11. The molecule has 3 nitrogen and oxygen atoms in total. The first-order valence-corrected chi connectivity index (χ1v) is 6.40. The van der Waals surface area contributed by atoms with Crippen molar-refractivity contribution in [3.63, 3.8) is 0 Å². The van der Waals surface area contributed by atoms with E-state index in [9.17, 15) is 0 Å². The maximum atomic E-state index is 4.27. The summed E-state index contributed by atoms with van der Waals surface area (Å²) in [6.45, 7) is 11.0. The predicted octanol–water partition coefficient (Wildman–Crippen LogP) is 2.61. The van der Waals surface area contributed by atoms with Gasteiger partial charge in [0.1, 0.15) is 5.82 Å². The third-order valence-electron chi connectivity index (χ3n) is 3.30. The number of hydrogen-bond acceptors (Lipinski definition) is 2. The van der Waals surface area contributed by atoms with Crippen LogP contribution in [-0.2, 0) is 6.54 Å². The fourth-order valence-electron chi connectivity index (χ4n) is 1.87. The topological polar surface area (TPSA) is 29.9 Å². The molecule has 1 rings (SSSR count). The molecular formula is C13H25N3. The Morgan fingerprint density at radius 1 is 1.44 bits per heavy atom. The van der Waals surface area contributed by atoms with E-state index in [1.807, 2.05) is 6.20 Å². The molecule has 1 N–H and O–H groups in total. The van der Waals surface area contributed by atoms with E-state index in [0.717, 1.165) is 18.9 Å². The molecule has 0 amide bonds. The third kappa shape index (κ3) is 3.63. The van der Waals surface area contributed by atoms with E-state index in [1.165, 1.54) is 12.8 Å². The second kappa shape index (κ2) is 6.69. The predicted molar refractivity (Wildman–Crippen MR) is 68.5 cm³/mol. The maximum absolute atomic E-state index is 4.27. The number of nitrogens with zero attached hydrogens (tertiary/aromatic N) is 2. The van der Waals surface area contributed by atoms with Gasteiger partial charge in [0.25, 0.3) is 0 Å². The molecule has 16 heavy (non-hydrogen) atoms. The van der Waals surface area contributed by atoms with Gasteiger partial charge in [-0.25, -0.2) is 4.98 Å². The first kappa shape index (κ1) is 13.2. The molecular weight excluding hydrogens is 198 g/mol. The lowest BCUT2D eigenvalue weighted by atomic mass is 9.99. The van der Waals surface area contributed by atoms with Crippen LogP contribution in [-0.4, -0.2) is 22.1 Å². The van der Waals surface area contributed by atoms with E-state index in [-0.39, 0.29) is 0 Å². The van der Waals surface area contributed by atoms with Crippen molar-refractivity contribution >= 4 is 0 Å². The highest BCUT2D eigenvalue weighted by molar-refractivity contribution is 4.90. The fourth-order valence-corrected chi connectivity index (χ4v) is 1.87. The molecule has 0 aromatic carbocycles. The second-order valence-corrected chi connectivity index (χ2v) is 4.57. The summed E-state index contributed by atoms with van der Waals surface area (Å²) in [5.41, 5.74) is 0. The molecule has 1 heterocycles. The Bertz CT molecular complexity index is 293. The molecule has 0 saturated carbocycles. The molecule has 0 bridgehead atoms. The summed E-state index contributed by atoms with van der Waals surface area (Å²) in [7, 11) is 0. The zero-order valence-corrected chi connectivity index (χ0v) is 11.0. The van der Waals surface area contributed by atoms with Gasteiger partial charge in [-0.3, -0.25) is 0 Å². The smallest absolute Gasteiger partial charge is 0.105 e. The molecule has 0 fully saturated rings. The van der Waals surface area contributed by atoms with Crippen molar-refractivity contribution in [2.75, 3.05) is 6.54 Å². The first-order valence-electron chi connectivity index (χ1n) is 6.40. The Kier molecular flexibility index (Phi) is 5.53. The Hall–Kier alpha value is -0.830. The minimum absolute atomic E-state index is 0.554. The van der Waals surface area contributed by atoms with Crippen molar-refractivity contribution in [2.24, 2.45) is 5.92 Å². The molecule has 3 heteroatoms. The van der Waals surface area contributed by atoms with Gasteiger partial charge in [0.2, 0.25) is 0 Å². The van der Waals surface area contributed by atoms with Crippen molar-refractivity contribution in [3.8, 4) is 0 Å². The molecule has 1 aromatic rings. The van der Waals surface area contributed by atoms with Gasteiger partial charge in [-0.05, 0) is 25.8 Å². The van der Waals surface area contributed by atoms with Crippen LogP contribution in [0.1, 0.15) is 39.4 Å². The van der Waals surface area contributed by atoms with Crippen molar-refractivity contribution in [1.29, 1.82) is 0 Å². The van der Waals surface area contributed by atoms with Crippen LogP contribution < -0.4 is 5.32 Å². The Morgan fingerprint density at radius 2 is 2.19 bits per heavy atom.